The van der Waals surface area contributed by atoms with Gasteiger partial charge >= 0.3 is 0 Å². The second kappa shape index (κ2) is 12.9. The molecular formula is C31H37FN4O. The highest BCUT2D eigenvalue weighted by Gasteiger charge is 2.24. The summed E-state index contributed by atoms with van der Waals surface area (Å²) < 4.78 is 14.8. The van der Waals surface area contributed by atoms with Crippen LogP contribution in [-0.4, -0.2) is 22.8 Å². The van der Waals surface area contributed by atoms with Gasteiger partial charge < -0.3 is 10.2 Å². The molecule has 0 atom stereocenters. The third-order valence-corrected chi connectivity index (χ3v) is 5.73. The van der Waals surface area contributed by atoms with E-state index in [1.54, 1.807) is 31.5 Å². The third kappa shape index (κ3) is 7.13. The number of nitrogens with one attached hydrogen (secondary N) is 1. The molecule has 0 aliphatic carbocycles. The Bertz CT molecular complexity index is 1260. The molecule has 0 spiro atoms. The first-order valence-corrected chi connectivity index (χ1v) is 12.8. The van der Waals surface area contributed by atoms with Crippen LogP contribution in [0, 0.1) is 18.7 Å². The maximum Gasteiger partial charge on any atom is 0.152 e. The molecule has 37 heavy (non-hydrogen) atoms. The van der Waals surface area contributed by atoms with Crippen molar-refractivity contribution in [3.63, 3.8) is 0 Å². The number of hydrogen-bond donors (Lipinski definition) is 1. The van der Waals surface area contributed by atoms with Crippen molar-refractivity contribution >= 4 is 23.5 Å². The van der Waals surface area contributed by atoms with Crippen molar-refractivity contribution in [2.75, 3.05) is 16.8 Å². The number of carbonyl (C=O) groups excluding carboxylic acids is 1. The Kier molecular flexibility index (Phi) is 9.72. The van der Waals surface area contributed by atoms with Gasteiger partial charge in [0.25, 0.3) is 0 Å². The van der Waals surface area contributed by atoms with Gasteiger partial charge in [0.15, 0.2) is 6.29 Å². The van der Waals surface area contributed by atoms with Gasteiger partial charge in [-0.05, 0) is 59.7 Å². The molecule has 0 radical (unpaired) electrons. The number of aryl methyl sites for hydroxylation is 1. The van der Waals surface area contributed by atoms with Gasteiger partial charge in [0.1, 0.15) is 17.5 Å². The average molecular weight is 501 g/mol. The average Bonchev–Trinajstić information content (AvgIpc) is 2.87. The first-order chi connectivity index (χ1) is 17.7. The van der Waals surface area contributed by atoms with E-state index in [0.29, 0.717) is 41.1 Å². The summed E-state index contributed by atoms with van der Waals surface area (Å²) in [5.41, 5.74) is 4.85. The lowest BCUT2D eigenvalue weighted by molar-refractivity contribution is -0.104. The number of aromatic nitrogens is 2. The fourth-order valence-corrected chi connectivity index (χ4v) is 3.98. The van der Waals surface area contributed by atoms with Crippen LogP contribution in [0.4, 0.5) is 16.0 Å². The number of fused-ring (bicyclic) bond motifs is 1. The van der Waals surface area contributed by atoms with E-state index in [1.165, 1.54) is 0 Å². The number of rotatable bonds is 8. The van der Waals surface area contributed by atoms with E-state index in [1.807, 2.05) is 35.2 Å². The molecule has 0 saturated heterocycles. The number of pyridine rings is 2. The number of carbonyl (C=O) groups is 1. The van der Waals surface area contributed by atoms with Crippen LogP contribution in [0.5, 0.6) is 0 Å². The van der Waals surface area contributed by atoms with E-state index in [-0.39, 0.29) is 5.82 Å². The molecule has 0 fully saturated rings. The van der Waals surface area contributed by atoms with Crippen LogP contribution in [0.1, 0.15) is 62.1 Å². The predicted molar refractivity (Wildman–Crippen MR) is 151 cm³/mol. The highest BCUT2D eigenvalue weighted by molar-refractivity contribution is 6.02. The first-order valence-electron chi connectivity index (χ1n) is 12.8. The first kappa shape index (κ1) is 27.8. The van der Waals surface area contributed by atoms with Crippen molar-refractivity contribution in [3.05, 3.63) is 101 Å². The Labute approximate surface area is 220 Å². The Morgan fingerprint density at radius 1 is 1.14 bits per heavy atom. The molecule has 1 aliphatic heterocycles. The summed E-state index contributed by atoms with van der Waals surface area (Å²) in [6.07, 6.45) is 5.62. The maximum absolute atomic E-state index is 14.8. The third-order valence-electron chi connectivity index (χ3n) is 5.73. The van der Waals surface area contributed by atoms with Crippen LogP contribution in [0.2, 0.25) is 0 Å². The molecule has 6 heteroatoms. The van der Waals surface area contributed by atoms with Gasteiger partial charge in [-0.25, -0.2) is 9.37 Å². The number of allylic oxidation sites excluding steroid dienone is 2. The summed E-state index contributed by atoms with van der Waals surface area (Å²) in [6, 6.07) is 13.1. The normalized spacial score (nSPS) is 12.5. The van der Waals surface area contributed by atoms with Gasteiger partial charge in [0.2, 0.25) is 0 Å². The highest BCUT2D eigenvalue weighted by atomic mass is 19.1. The van der Waals surface area contributed by atoms with Gasteiger partial charge in [-0.2, -0.15) is 0 Å². The van der Waals surface area contributed by atoms with Crippen molar-refractivity contribution < 1.29 is 9.18 Å². The summed E-state index contributed by atoms with van der Waals surface area (Å²) in [7, 11) is 0. The SMILES string of the molecule is C=C1C(C=O)=CN(CCC)c2nc(NCc3ccccn3)c(Cc3cccc(C)c3F)cc21.CC(C)C. The lowest BCUT2D eigenvalue weighted by atomic mass is 9.94. The summed E-state index contributed by atoms with van der Waals surface area (Å²) in [5.74, 6) is 2.02. The topological polar surface area (TPSA) is 58.1 Å². The maximum atomic E-state index is 14.8. The molecular weight excluding hydrogens is 463 g/mol. The summed E-state index contributed by atoms with van der Waals surface area (Å²) in [6.45, 7) is 15.7. The van der Waals surface area contributed by atoms with E-state index in [9.17, 15) is 9.18 Å². The molecule has 1 N–H and O–H groups in total. The molecule has 3 heterocycles. The van der Waals surface area contributed by atoms with Gasteiger partial charge in [-0.1, -0.05) is 58.5 Å². The second-order valence-electron chi connectivity index (χ2n) is 9.87. The van der Waals surface area contributed by atoms with Crippen LogP contribution in [0.3, 0.4) is 0 Å². The van der Waals surface area contributed by atoms with E-state index >= 15 is 0 Å². The van der Waals surface area contributed by atoms with E-state index in [2.05, 4.69) is 44.6 Å². The van der Waals surface area contributed by atoms with E-state index in [0.717, 1.165) is 47.8 Å². The fraction of sp³-hybridized carbons (Fsp3) is 0.323. The minimum atomic E-state index is -0.217. The molecule has 1 aliphatic rings. The van der Waals surface area contributed by atoms with Crippen molar-refractivity contribution in [1.29, 1.82) is 0 Å². The van der Waals surface area contributed by atoms with Crippen LogP contribution in [-0.2, 0) is 17.8 Å². The van der Waals surface area contributed by atoms with E-state index in [4.69, 9.17) is 4.98 Å². The Hall–Kier alpha value is -3.80. The lowest BCUT2D eigenvalue weighted by Crippen LogP contribution is -2.25. The smallest absolute Gasteiger partial charge is 0.152 e. The molecule has 4 rings (SSSR count). The van der Waals surface area contributed by atoms with Crippen LogP contribution in [0.15, 0.2) is 67.0 Å². The predicted octanol–water partition coefficient (Wildman–Crippen LogP) is 7.12. The highest BCUT2D eigenvalue weighted by Crippen LogP contribution is 2.37. The Balaban J connectivity index is 0.000000886. The summed E-state index contributed by atoms with van der Waals surface area (Å²) in [4.78, 5) is 23.0. The molecule has 0 bridgehead atoms. The monoisotopic (exact) mass is 500 g/mol. The zero-order valence-electron chi connectivity index (χ0n) is 22.5. The molecule has 5 nitrogen and oxygen atoms in total. The van der Waals surface area contributed by atoms with Crippen LogP contribution < -0.4 is 10.2 Å². The van der Waals surface area contributed by atoms with Gasteiger partial charge in [0, 0.05) is 36.5 Å². The Morgan fingerprint density at radius 2 is 1.89 bits per heavy atom. The summed E-state index contributed by atoms with van der Waals surface area (Å²) >= 11 is 0. The molecule has 0 amide bonds. The van der Waals surface area contributed by atoms with Crippen molar-refractivity contribution in [2.45, 2.75) is 54.0 Å². The molecule has 3 aromatic rings. The van der Waals surface area contributed by atoms with E-state index < -0.39 is 0 Å². The molecule has 0 unspecified atom stereocenters. The zero-order chi connectivity index (χ0) is 26.9. The van der Waals surface area contributed by atoms with Gasteiger partial charge in [-0.15, -0.1) is 0 Å². The van der Waals surface area contributed by atoms with Crippen molar-refractivity contribution in [3.8, 4) is 0 Å². The van der Waals surface area contributed by atoms with Gasteiger partial charge in [-0.3, -0.25) is 9.78 Å². The molecule has 1 aromatic carbocycles. The molecule has 194 valence electrons. The molecule has 2 aromatic heterocycles. The van der Waals surface area contributed by atoms with Crippen molar-refractivity contribution in [1.82, 2.24) is 9.97 Å². The quantitative estimate of drug-likeness (QED) is 0.334. The standard InChI is InChI=1S/C27H27FN4O.C4H10/c1-4-12-32-16-22(17-33)19(3)24-14-21(13-20-9-7-8-18(2)25(20)28)26(31-27(24)32)30-15-23-10-5-6-11-29-23;1-4(2)3/h5-11,14,16-17H,3-4,12-13,15H2,1-2H3,(H,30,31);4H,1-3H3. The van der Waals surface area contributed by atoms with Crippen molar-refractivity contribution in [2.24, 2.45) is 5.92 Å². The number of anilines is 2. The van der Waals surface area contributed by atoms with Gasteiger partial charge in [0.05, 0.1) is 12.2 Å². The number of halogens is 1. The minimum absolute atomic E-state index is 0.217. The Morgan fingerprint density at radius 3 is 2.54 bits per heavy atom. The van der Waals surface area contributed by atoms with Crippen LogP contribution >= 0.6 is 0 Å². The summed E-state index contributed by atoms with van der Waals surface area (Å²) in [5, 5.41) is 3.39. The second-order valence-corrected chi connectivity index (χ2v) is 9.87. The largest absolute Gasteiger partial charge is 0.364 e. The van der Waals surface area contributed by atoms with Crippen LogP contribution in [0.25, 0.3) is 5.57 Å². The minimum Gasteiger partial charge on any atom is -0.364 e. The molecule has 0 saturated carbocycles. The fourth-order valence-electron chi connectivity index (χ4n) is 3.98. The lowest BCUT2D eigenvalue weighted by Gasteiger charge is -2.29. The number of benzene rings is 1. The number of aldehydes is 1. The number of hydrogen-bond acceptors (Lipinski definition) is 5. The zero-order valence-corrected chi connectivity index (χ0v) is 22.5. The number of nitrogens with zero attached hydrogens (tertiary/aromatic N) is 3.